The van der Waals surface area contributed by atoms with Crippen molar-refractivity contribution in [2.45, 2.75) is 69.7 Å². The van der Waals surface area contributed by atoms with Crippen LogP contribution in [0.3, 0.4) is 0 Å². The van der Waals surface area contributed by atoms with Crippen molar-refractivity contribution in [2.75, 3.05) is 19.8 Å². The lowest BCUT2D eigenvalue weighted by Crippen LogP contribution is -2.47. The van der Waals surface area contributed by atoms with Gasteiger partial charge in [-0.25, -0.2) is 0 Å². The lowest BCUT2D eigenvalue weighted by atomic mass is 9.94. The summed E-state index contributed by atoms with van der Waals surface area (Å²) in [4.78, 5) is 0. The Morgan fingerprint density at radius 3 is 2.15 bits per heavy atom. The SMILES string of the molecule is CCCC[Si](C)(C)CCCOc1ccc(CCC(N)(CO)CO)cc1.Cl. The number of aliphatic hydroxyl groups is 2. The zero-order valence-electron chi connectivity index (χ0n) is 16.7. The normalized spacial score (nSPS) is 11.9. The Morgan fingerprint density at radius 1 is 1.04 bits per heavy atom. The highest BCUT2D eigenvalue weighted by Crippen LogP contribution is 2.21. The Bertz CT molecular complexity index is 478. The van der Waals surface area contributed by atoms with Crippen LogP contribution in [0.15, 0.2) is 24.3 Å². The molecule has 0 amide bonds. The van der Waals surface area contributed by atoms with Crippen LogP contribution >= 0.6 is 12.4 Å². The van der Waals surface area contributed by atoms with E-state index in [2.05, 4.69) is 20.0 Å². The first-order valence-corrected chi connectivity index (χ1v) is 13.0. The average molecular weight is 404 g/mol. The lowest BCUT2D eigenvalue weighted by molar-refractivity contribution is 0.115. The Labute approximate surface area is 166 Å². The van der Waals surface area contributed by atoms with E-state index in [1.807, 2.05) is 24.3 Å². The van der Waals surface area contributed by atoms with Crippen LogP contribution in [0.25, 0.3) is 0 Å². The number of unbranched alkanes of at least 4 members (excludes halogenated alkanes) is 1. The van der Waals surface area contributed by atoms with Crippen LogP contribution in [-0.4, -0.2) is 43.6 Å². The van der Waals surface area contributed by atoms with Gasteiger partial charge in [0, 0.05) is 8.07 Å². The molecule has 0 aliphatic heterocycles. The van der Waals surface area contributed by atoms with Crippen LogP contribution in [0.2, 0.25) is 25.2 Å². The summed E-state index contributed by atoms with van der Waals surface area (Å²) in [5, 5.41) is 18.5. The number of halogens is 1. The number of benzene rings is 1. The third kappa shape index (κ3) is 9.93. The minimum atomic E-state index is -1.04. The third-order valence-electron chi connectivity index (χ3n) is 4.94. The molecular formula is C20H38ClNO3Si. The van der Waals surface area contributed by atoms with E-state index in [0.717, 1.165) is 30.8 Å². The van der Waals surface area contributed by atoms with E-state index < -0.39 is 13.6 Å². The first kappa shape index (κ1) is 25.4. The molecule has 26 heavy (non-hydrogen) atoms. The number of hydrogen-bond donors (Lipinski definition) is 3. The molecule has 0 heterocycles. The molecule has 1 aromatic carbocycles. The minimum Gasteiger partial charge on any atom is -0.494 e. The highest BCUT2D eigenvalue weighted by molar-refractivity contribution is 6.77. The van der Waals surface area contributed by atoms with Gasteiger partial charge in [-0.15, -0.1) is 12.4 Å². The van der Waals surface area contributed by atoms with E-state index in [0.29, 0.717) is 6.42 Å². The molecule has 0 saturated heterocycles. The second-order valence-electron chi connectivity index (χ2n) is 8.04. The van der Waals surface area contributed by atoms with Crippen molar-refractivity contribution >= 4 is 20.5 Å². The monoisotopic (exact) mass is 403 g/mol. The molecule has 1 aromatic rings. The molecular weight excluding hydrogens is 366 g/mol. The fourth-order valence-corrected chi connectivity index (χ4v) is 5.54. The summed E-state index contributed by atoms with van der Waals surface area (Å²) in [6, 6.07) is 10.8. The van der Waals surface area contributed by atoms with Crippen molar-refractivity contribution in [1.29, 1.82) is 0 Å². The Kier molecular flexibility index (Phi) is 12.4. The molecule has 4 nitrogen and oxygen atoms in total. The van der Waals surface area contributed by atoms with E-state index >= 15 is 0 Å². The summed E-state index contributed by atoms with van der Waals surface area (Å²) < 4.78 is 5.87. The molecule has 0 aliphatic rings. The molecule has 0 spiro atoms. The molecule has 6 heteroatoms. The fraction of sp³-hybridized carbons (Fsp3) is 0.700. The van der Waals surface area contributed by atoms with Gasteiger partial charge in [0.05, 0.1) is 25.4 Å². The second kappa shape index (κ2) is 12.7. The Morgan fingerprint density at radius 2 is 1.62 bits per heavy atom. The van der Waals surface area contributed by atoms with E-state index in [9.17, 15) is 10.2 Å². The maximum absolute atomic E-state index is 9.23. The van der Waals surface area contributed by atoms with Crippen LogP contribution in [0.1, 0.15) is 38.2 Å². The quantitative estimate of drug-likeness (QED) is 0.343. The standard InChI is InChI=1S/C20H37NO3Si.ClH/c1-4-5-14-25(2,3)15-6-13-24-19-9-7-18(8-10-19)11-12-20(21,16-22)17-23;/h7-10,22-23H,4-6,11-17,21H2,1-3H3;1H. The molecule has 0 unspecified atom stereocenters. The highest BCUT2D eigenvalue weighted by atomic mass is 35.5. The molecule has 0 radical (unpaired) electrons. The summed E-state index contributed by atoms with van der Waals surface area (Å²) in [5.41, 5.74) is 6.14. The second-order valence-corrected chi connectivity index (χ2v) is 13.4. The van der Waals surface area contributed by atoms with Crippen LogP contribution in [0.5, 0.6) is 5.75 Å². The van der Waals surface area contributed by atoms with E-state index in [-0.39, 0.29) is 25.6 Å². The average Bonchev–Trinajstić information content (AvgIpc) is 2.62. The van der Waals surface area contributed by atoms with E-state index in [1.54, 1.807) is 0 Å². The van der Waals surface area contributed by atoms with Gasteiger partial charge in [0.25, 0.3) is 0 Å². The predicted molar refractivity (Wildman–Crippen MR) is 115 cm³/mol. The van der Waals surface area contributed by atoms with Crippen molar-refractivity contribution in [3.8, 4) is 5.75 Å². The predicted octanol–water partition coefficient (Wildman–Crippen LogP) is 4.00. The maximum atomic E-state index is 9.23. The van der Waals surface area contributed by atoms with E-state index in [4.69, 9.17) is 10.5 Å². The van der Waals surface area contributed by atoms with Crippen molar-refractivity contribution in [3.05, 3.63) is 29.8 Å². The van der Waals surface area contributed by atoms with Gasteiger partial charge < -0.3 is 20.7 Å². The fourth-order valence-electron chi connectivity index (χ4n) is 2.87. The molecule has 0 saturated carbocycles. The molecule has 1 rings (SSSR count). The van der Waals surface area contributed by atoms with Crippen molar-refractivity contribution in [1.82, 2.24) is 0 Å². The number of nitrogens with two attached hydrogens (primary N) is 1. The summed E-state index contributed by atoms with van der Waals surface area (Å²) in [7, 11) is -1.04. The minimum absolute atomic E-state index is 0. The smallest absolute Gasteiger partial charge is 0.119 e. The topological polar surface area (TPSA) is 75.7 Å². The number of ether oxygens (including phenoxy) is 1. The van der Waals surface area contributed by atoms with Crippen LogP contribution in [-0.2, 0) is 6.42 Å². The van der Waals surface area contributed by atoms with Crippen LogP contribution < -0.4 is 10.5 Å². The molecule has 0 bridgehead atoms. The van der Waals surface area contributed by atoms with Gasteiger partial charge >= 0.3 is 0 Å². The van der Waals surface area contributed by atoms with Gasteiger partial charge in [0.15, 0.2) is 0 Å². The lowest BCUT2D eigenvalue weighted by Gasteiger charge is -2.24. The van der Waals surface area contributed by atoms with Gasteiger partial charge in [-0.3, -0.25) is 0 Å². The van der Waals surface area contributed by atoms with Crippen molar-refractivity contribution < 1.29 is 14.9 Å². The van der Waals surface area contributed by atoms with Gasteiger partial charge in [-0.2, -0.15) is 0 Å². The van der Waals surface area contributed by atoms with Crippen molar-refractivity contribution in [3.63, 3.8) is 0 Å². The summed E-state index contributed by atoms with van der Waals surface area (Å²) in [6.07, 6.45) is 5.07. The van der Waals surface area contributed by atoms with Gasteiger partial charge in [0.1, 0.15) is 5.75 Å². The van der Waals surface area contributed by atoms with Crippen molar-refractivity contribution in [2.24, 2.45) is 5.73 Å². The molecule has 0 aliphatic carbocycles. The molecule has 152 valence electrons. The number of aliphatic hydroxyl groups excluding tert-OH is 2. The van der Waals surface area contributed by atoms with Gasteiger partial charge in [-0.1, -0.05) is 57.1 Å². The van der Waals surface area contributed by atoms with Crippen LogP contribution in [0, 0.1) is 0 Å². The summed E-state index contributed by atoms with van der Waals surface area (Å²) in [6.45, 7) is 7.59. The summed E-state index contributed by atoms with van der Waals surface area (Å²) >= 11 is 0. The molecule has 4 N–H and O–H groups in total. The van der Waals surface area contributed by atoms with Crippen LogP contribution in [0.4, 0.5) is 0 Å². The maximum Gasteiger partial charge on any atom is 0.119 e. The Hall–Kier alpha value is -0.593. The molecule has 0 atom stereocenters. The number of hydrogen-bond acceptors (Lipinski definition) is 4. The third-order valence-corrected chi connectivity index (χ3v) is 8.35. The molecule has 0 aromatic heterocycles. The van der Waals surface area contributed by atoms with E-state index in [1.165, 1.54) is 24.9 Å². The zero-order valence-corrected chi connectivity index (χ0v) is 18.5. The zero-order chi connectivity index (χ0) is 18.8. The summed E-state index contributed by atoms with van der Waals surface area (Å²) in [5.74, 6) is 0.903. The first-order valence-electron chi connectivity index (χ1n) is 9.56. The van der Waals surface area contributed by atoms with Gasteiger partial charge in [-0.05, 0) is 37.0 Å². The first-order chi connectivity index (χ1) is 11.8. The number of rotatable bonds is 13. The Balaban J connectivity index is 0.00000625. The largest absolute Gasteiger partial charge is 0.494 e. The van der Waals surface area contributed by atoms with Gasteiger partial charge in [0.2, 0.25) is 0 Å². The molecule has 0 fully saturated rings. The number of aryl methyl sites for hydroxylation is 1. The highest BCUT2D eigenvalue weighted by Gasteiger charge is 2.22.